The van der Waals surface area contributed by atoms with Crippen LogP contribution in [-0.2, 0) is 24.4 Å². The maximum atomic E-state index is 14.9. The van der Waals surface area contributed by atoms with Gasteiger partial charge in [-0.1, -0.05) is 189 Å². The Balaban J connectivity index is 0.000000167. The smallest absolute Gasteiger partial charge is 0.428 e. The topological polar surface area (TPSA) is 36.9 Å². The van der Waals surface area contributed by atoms with E-state index in [1.54, 1.807) is 48.5 Å². The molecule has 150 heavy (non-hydrogen) atoms. The van der Waals surface area contributed by atoms with Gasteiger partial charge in [0.1, 0.15) is 138 Å². The second kappa shape index (κ2) is 49.7. The molecule has 4 fully saturated rings. The molecule has 804 valence electrons. The summed E-state index contributed by atoms with van der Waals surface area (Å²) < 4.78 is 367. The average molecular weight is 2110 g/mol. The molecule has 0 heterocycles. The second-order valence-corrected chi connectivity index (χ2v) is 40.6. The zero-order valence-electron chi connectivity index (χ0n) is 85.9. The lowest BCUT2D eigenvalue weighted by Crippen LogP contribution is -2.26. The maximum Gasteiger partial charge on any atom is 0.432 e. The highest BCUT2D eigenvalue weighted by Gasteiger charge is 2.47. The number of unbranched alkanes of at least 4 members (excludes halogenated alkanes) is 3. The molecule has 0 amide bonds. The molecule has 0 atom stereocenters. The van der Waals surface area contributed by atoms with Crippen molar-refractivity contribution in [2.75, 3.05) is 0 Å². The SMILES string of the molecule is CCC1CCC(c2ccc(-c3cc(F)c(C(F)(F)Oc4cc(F)c(C)c(F)c4C)c(F)c3)cc2)CC1.CCCC1CCC(c2ccc(-c3cc(F)c(C(F)(F)Oc4cc(F)c(C)c(F)c4C)c(F)c3)cc2)CC1.CCCCC1CCC(c2ccc(-c3cc(F)c(C(F)(F)Oc4cc(F)c(C)c(F)c4C)c(F)c3)cc2)CC1.CCCCCC1CCC(c2ccc(-c3cc(F)c(C(F)(F)Oc4cc(F)c(C)c(F)c4C)c(F)c3)cc2)CC1. The van der Waals surface area contributed by atoms with Crippen LogP contribution < -0.4 is 18.9 Å². The minimum absolute atomic E-state index is 0.0920. The molecule has 0 radical (unpaired) electrons. The van der Waals surface area contributed by atoms with Crippen molar-refractivity contribution in [1.29, 1.82) is 0 Å². The predicted octanol–water partition coefficient (Wildman–Crippen LogP) is 39.7. The summed E-state index contributed by atoms with van der Waals surface area (Å²) in [5.41, 5.74) is -2.62. The fourth-order valence-corrected chi connectivity index (χ4v) is 21.2. The molecule has 28 heteroatoms. The van der Waals surface area contributed by atoms with Gasteiger partial charge in [-0.25, -0.2) is 70.2 Å². The van der Waals surface area contributed by atoms with E-state index in [4.69, 9.17) is 0 Å². The first kappa shape index (κ1) is 115. The van der Waals surface area contributed by atoms with Crippen molar-refractivity contribution in [3.05, 3.63) is 352 Å². The van der Waals surface area contributed by atoms with Gasteiger partial charge in [0.15, 0.2) is 0 Å². The largest absolute Gasteiger partial charge is 0.432 e. The molecule has 0 unspecified atom stereocenters. The number of rotatable bonds is 30. The van der Waals surface area contributed by atoms with Gasteiger partial charge in [-0.05, 0) is 321 Å². The molecule has 0 aromatic heterocycles. The van der Waals surface area contributed by atoms with Gasteiger partial charge in [-0.15, -0.1) is 0 Å². The highest BCUT2D eigenvalue weighted by molar-refractivity contribution is 5.69. The molecule has 0 saturated heterocycles. The van der Waals surface area contributed by atoms with Crippen LogP contribution in [0.2, 0.25) is 0 Å². The first-order valence-corrected chi connectivity index (χ1v) is 51.5. The van der Waals surface area contributed by atoms with Crippen LogP contribution in [0.4, 0.5) is 105 Å². The van der Waals surface area contributed by atoms with Crippen LogP contribution in [0, 0.1) is 172 Å². The number of halogens is 24. The fourth-order valence-electron chi connectivity index (χ4n) is 21.2. The summed E-state index contributed by atoms with van der Waals surface area (Å²) in [6, 6.07) is 38.1. The highest BCUT2D eigenvalue weighted by Crippen LogP contribution is 2.50. The Morgan fingerprint density at radius 3 is 0.593 bits per heavy atom. The van der Waals surface area contributed by atoms with Gasteiger partial charge in [0, 0.05) is 68.8 Å². The molecule has 0 N–H and O–H groups in total. The third-order valence-electron chi connectivity index (χ3n) is 30.6. The minimum Gasteiger partial charge on any atom is -0.428 e. The van der Waals surface area contributed by atoms with E-state index in [2.05, 4.69) is 46.6 Å². The Bertz CT molecular complexity index is 6580. The Kier molecular flexibility index (Phi) is 38.2. The highest BCUT2D eigenvalue weighted by atomic mass is 19.3. The maximum absolute atomic E-state index is 14.9. The van der Waals surface area contributed by atoms with E-state index in [0.29, 0.717) is 70.2 Å². The Hall–Kier alpha value is -11.8. The normalized spacial score (nSPS) is 18.1. The van der Waals surface area contributed by atoms with E-state index in [0.717, 1.165) is 201 Å². The lowest BCUT2D eigenvalue weighted by atomic mass is 9.77. The van der Waals surface area contributed by atoms with Crippen LogP contribution in [0.5, 0.6) is 23.0 Å². The number of benzene rings is 12. The van der Waals surface area contributed by atoms with Crippen molar-refractivity contribution in [2.24, 2.45) is 23.7 Å². The summed E-state index contributed by atoms with van der Waals surface area (Å²) in [4.78, 5) is 0. The molecule has 4 saturated carbocycles. The number of ether oxygens (including phenoxy) is 4. The monoisotopic (exact) mass is 2110 g/mol. The van der Waals surface area contributed by atoms with Gasteiger partial charge in [-0.2, -0.15) is 35.1 Å². The van der Waals surface area contributed by atoms with E-state index >= 15 is 0 Å². The van der Waals surface area contributed by atoms with E-state index in [-0.39, 0.29) is 44.5 Å². The molecular weight excluding hydrogens is 1990 g/mol. The third-order valence-corrected chi connectivity index (χ3v) is 30.6. The van der Waals surface area contributed by atoms with Gasteiger partial charge in [0.2, 0.25) is 0 Å². The van der Waals surface area contributed by atoms with E-state index in [1.807, 2.05) is 48.5 Å². The number of hydrogen-bond donors (Lipinski definition) is 0. The Morgan fingerprint density at radius 1 is 0.207 bits per heavy atom. The molecule has 0 aliphatic heterocycles. The molecule has 12 aromatic rings. The fraction of sp³-hybridized carbons (Fsp3) is 0.410. The Morgan fingerprint density at radius 2 is 0.400 bits per heavy atom. The second-order valence-electron chi connectivity index (χ2n) is 40.6. The predicted molar refractivity (Wildman–Crippen MR) is 536 cm³/mol. The van der Waals surface area contributed by atoms with Crippen molar-refractivity contribution in [3.63, 3.8) is 0 Å². The molecule has 16 rings (SSSR count). The number of alkyl halides is 8. The van der Waals surface area contributed by atoms with Crippen LogP contribution >= 0.6 is 0 Å². The Labute approximate surface area is 861 Å². The van der Waals surface area contributed by atoms with E-state index in [9.17, 15) is 105 Å². The van der Waals surface area contributed by atoms with Gasteiger partial charge in [-0.3, -0.25) is 0 Å². The van der Waals surface area contributed by atoms with Crippen molar-refractivity contribution < 1.29 is 124 Å². The standard InChI is InChI=1S/C32H34F6O.C31H32F6O.C30H30F6O.C29H28F6O/c1-4-5-6-7-21-8-10-22(11-9-21)23-12-14-24(15-13-23)25-16-27(34)30(28(35)17-25)32(37,38)39-29-18-26(33)19(2)31(36)20(29)3;1-4-5-6-20-7-9-21(10-8-20)22-11-13-23(14-12-22)24-15-26(33)29(27(34)16-24)31(36,37)38-28-17-25(32)18(2)30(35)19(28)3;1-4-5-19-6-8-20(9-7-19)21-10-12-22(13-11-21)23-14-25(32)28(26(33)15-23)30(35,36)37-27-16-24(31)17(2)29(34)18(27)3;1-4-18-5-7-19(8-6-18)20-9-11-21(12-10-20)22-13-24(31)27(25(32)14-22)29(34,35)36-26-15-23(30)16(2)28(33)17(26)3/h12-18,21-22H,4-11H2,1-3H3;11-17,20-21H,4-10H2,1-3H3;10-16,19-20H,4-9H2,1-3H3;9-15,18-19H,4-8H2,1-3H3. The van der Waals surface area contributed by atoms with Crippen LogP contribution in [-0.4, -0.2) is 0 Å². The zero-order chi connectivity index (χ0) is 109. The summed E-state index contributed by atoms with van der Waals surface area (Å²) in [6.07, 6.45) is 12.8. The van der Waals surface area contributed by atoms with Crippen molar-refractivity contribution in [3.8, 4) is 67.5 Å². The minimum atomic E-state index is -4.51. The van der Waals surface area contributed by atoms with Crippen LogP contribution in [0.25, 0.3) is 44.5 Å². The average Bonchev–Trinajstić information content (AvgIpc) is 0.778. The van der Waals surface area contributed by atoms with Gasteiger partial charge in [0.05, 0.1) is 0 Å². The van der Waals surface area contributed by atoms with Crippen molar-refractivity contribution in [1.82, 2.24) is 0 Å². The van der Waals surface area contributed by atoms with Crippen molar-refractivity contribution in [2.45, 2.75) is 298 Å². The summed E-state index contributed by atoms with van der Waals surface area (Å²) in [7, 11) is 0. The van der Waals surface area contributed by atoms with Gasteiger partial charge in [0.25, 0.3) is 0 Å². The zero-order valence-corrected chi connectivity index (χ0v) is 85.9. The molecule has 4 aliphatic carbocycles. The first-order valence-electron chi connectivity index (χ1n) is 51.5. The summed E-state index contributed by atoms with van der Waals surface area (Å²) in [5.74, 6) is -19.4. The molecule has 4 nitrogen and oxygen atoms in total. The van der Waals surface area contributed by atoms with Gasteiger partial charge < -0.3 is 18.9 Å². The molecule has 0 spiro atoms. The molecule has 0 bridgehead atoms. The quantitative estimate of drug-likeness (QED) is 0.0332. The lowest BCUT2D eigenvalue weighted by Gasteiger charge is -2.29. The van der Waals surface area contributed by atoms with Gasteiger partial charge >= 0.3 is 24.4 Å². The first-order chi connectivity index (χ1) is 71.0. The van der Waals surface area contributed by atoms with Crippen molar-refractivity contribution >= 4 is 0 Å². The lowest BCUT2D eigenvalue weighted by molar-refractivity contribution is -0.190. The summed E-state index contributed by atoms with van der Waals surface area (Å²) in [5, 5.41) is 0. The van der Waals surface area contributed by atoms with Crippen LogP contribution in [0.15, 0.2) is 170 Å². The summed E-state index contributed by atoms with van der Waals surface area (Å²) >= 11 is 0. The molecule has 12 aromatic carbocycles. The van der Waals surface area contributed by atoms with Crippen LogP contribution in [0.1, 0.15) is 307 Å². The van der Waals surface area contributed by atoms with E-state index in [1.165, 1.54) is 116 Å². The third kappa shape index (κ3) is 27.2. The molecular formula is C122H124F24O4. The number of hydrogen-bond acceptors (Lipinski definition) is 4. The van der Waals surface area contributed by atoms with Crippen LogP contribution in [0.3, 0.4) is 0 Å². The molecule has 4 aliphatic rings. The summed E-state index contributed by atoms with van der Waals surface area (Å²) in [6.45, 7) is 17.8. The van der Waals surface area contributed by atoms with E-state index < -0.39 is 185 Å².